The number of aryl methyl sites for hydroxylation is 1. The summed E-state index contributed by atoms with van der Waals surface area (Å²) in [6.07, 6.45) is 0. The molecule has 2 heterocycles. The topological polar surface area (TPSA) is 47.2 Å². The van der Waals surface area contributed by atoms with Gasteiger partial charge in [-0.3, -0.25) is 0 Å². The zero-order valence-electron chi connectivity index (χ0n) is 13.1. The van der Waals surface area contributed by atoms with Crippen molar-refractivity contribution in [1.82, 2.24) is 4.57 Å². The Balaban J connectivity index is 2.07. The molecule has 0 bridgehead atoms. The second kappa shape index (κ2) is 4.36. The van der Waals surface area contributed by atoms with Crippen LogP contribution < -0.4 is 5.59 Å². The number of hydrogen-bond acceptors (Lipinski definition) is 3. The van der Waals surface area contributed by atoms with Gasteiger partial charge in [-0.1, -0.05) is 6.07 Å². The van der Waals surface area contributed by atoms with E-state index in [9.17, 15) is 0 Å². The van der Waals surface area contributed by atoms with Crippen molar-refractivity contribution in [2.45, 2.75) is 38.9 Å². The highest BCUT2D eigenvalue weighted by Crippen LogP contribution is 2.36. The maximum atomic E-state index is 9.03. The van der Waals surface area contributed by atoms with Crippen molar-refractivity contribution in [3.05, 3.63) is 29.8 Å². The van der Waals surface area contributed by atoms with E-state index in [0.29, 0.717) is 5.56 Å². The summed E-state index contributed by atoms with van der Waals surface area (Å²) in [7, 11) is 1.59. The fourth-order valence-corrected chi connectivity index (χ4v) is 2.61. The smallest absolute Gasteiger partial charge is 0.398 e. The minimum Gasteiger partial charge on any atom is -0.398 e. The summed E-state index contributed by atoms with van der Waals surface area (Å²) in [4.78, 5) is 0. The summed E-state index contributed by atoms with van der Waals surface area (Å²) < 4.78 is 14.3. The van der Waals surface area contributed by atoms with Crippen molar-refractivity contribution < 1.29 is 9.31 Å². The van der Waals surface area contributed by atoms with Gasteiger partial charge in [0.1, 0.15) is 0 Å². The monoisotopic (exact) mass is 282 g/mol. The van der Waals surface area contributed by atoms with E-state index < -0.39 is 7.12 Å². The minimum atomic E-state index is -0.391. The van der Waals surface area contributed by atoms with E-state index in [4.69, 9.17) is 14.6 Å². The summed E-state index contributed by atoms with van der Waals surface area (Å²) in [6.45, 7) is 8.18. The number of rotatable bonds is 1. The van der Waals surface area contributed by atoms with E-state index in [1.165, 1.54) is 0 Å². The average molecular weight is 282 g/mol. The molecular formula is C16H19BN2O2. The first-order valence-corrected chi connectivity index (χ1v) is 7.10. The van der Waals surface area contributed by atoms with Crippen molar-refractivity contribution in [1.29, 1.82) is 5.26 Å². The molecule has 108 valence electrons. The molecule has 0 spiro atoms. The van der Waals surface area contributed by atoms with Crippen LogP contribution in [0, 0.1) is 11.3 Å². The molecule has 0 aliphatic carbocycles. The van der Waals surface area contributed by atoms with Gasteiger partial charge in [-0.15, -0.1) is 0 Å². The predicted octanol–water partition coefficient (Wildman–Crippen LogP) is 2.35. The quantitative estimate of drug-likeness (QED) is 0.754. The molecule has 1 saturated heterocycles. The average Bonchev–Trinajstić information content (AvgIpc) is 2.84. The van der Waals surface area contributed by atoms with E-state index in [1.807, 2.05) is 57.5 Å². The zero-order chi connectivity index (χ0) is 15.4. The van der Waals surface area contributed by atoms with Gasteiger partial charge < -0.3 is 13.9 Å². The first-order valence-electron chi connectivity index (χ1n) is 7.10. The van der Waals surface area contributed by atoms with E-state index in [2.05, 4.69) is 12.1 Å². The number of nitrogens with zero attached hydrogens (tertiary/aromatic N) is 2. The molecule has 2 aromatic rings. The molecule has 5 heteroatoms. The minimum absolute atomic E-state index is 0.355. The third-order valence-electron chi connectivity index (χ3n) is 4.71. The number of hydrogen-bond donors (Lipinski definition) is 0. The molecule has 21 heavy (non-hydrogen) atoms. The highest BCUT2D eigenvalue weighted by atomic mass is 16.7. The molecule has 0 atom stereocenters. The van der Waals surface area contributed by atoms with E-state index in [0.717, 1.165) is 16.5 Å². The predicted molar refractivity (Wildman–Crippen MR) is 83.4 cm³/mol. The summed E-state index contributed by atoms with van der Waals surface area (Å²) in [6, 6.07) is 9.93. The fourth-order valence-electron chi connectivity index (χ4n) is 2.61. The lowest BCUT2D eigenvalue weighted by Crippen LogP contribution is -2.41. The first kappa shape index (κ1) is 14.2. The van der Waals surface area contributed by atoms with E-state index in [-0.39, 0.29) is 11.2 Å². The van der Waals surface area contributed by atoms with Crippen LogP contribution >= 0.6 is 0 Å². The maximum absolute atomic E-state index is 9.03. The van der Waals surface area contributed by atoms with Gasteiger partial charge in [0.15, 0.2) is 0 Å². The van der Waals surface area contributed by atoms with Gasteiger partial charge >= 0.3 is 7.12 Å². The zero-order valence-corrected chi connectivity index (χ0v) is 13.1. The van der Waals surface area contributed by atoms with Gasteiger partial charge in [0, 0.05) is 18.2 Å². The standard InChI is InChI=1S/C16H19BN2O2/c1-15(2)16(3,4)21-17(20-15)14-9-12-7-6-11(10-18)8-13(12)19(14)5/h6-9H,1-5H3. The van der Waals surface area contributed by atoms with Crippen LogP contribution in [0.3, 0.4) is 0 Å². The van der Waals surface area contributed by atoms with Crippen LogP contribution in [0.15, 0.2) is 24.3 Å². The molecule has 0 radical (unpaired) electrons. The number of fused-ring (bicyclic) bond motifs is 1. The lowest BCUT2D eigenvalue weighted by atomic mass is 9.84. The van der Waals surface area contributed by atoms with Crippen molar-refractivity contribution in [2.75, 3.05) is 0 Å². The molecule has 1 aromatic heterocycles. The molecule has 0 saturated carbocycles. The van der Waals surface area contributed by atoms with Crippen LogP contribution in [0.2, 0.25) is 0 Å². The Hall–Kier alpha value is -1.77. The van der Waals surface area contributed by atoms with Crippen LogP contribution in [0.25, 0.3) is 10.9 Å². The van der Waals surface area contributed by atoms with Gasteiger partial charge in [0.25, 0.3) is 0 Å². The Morgan fingerprint density at radius 1 is 1.10 bits per heavy atom. The van der Waals surface area contributed by atoms with Crippen LogP contribution in [-0.2, 0) is 16.4 Å². The highest BCUT2D eigenvalue weighted by molar-refractivity contribution is 6.61. The van der Waals surface area contributed by atoms with Crippen molar-refractivity contribution >= 4 is 23.6 Å². The second-order valence-corrected chi connectivity index (χ2v) is 6.60. The molecule has 3 rings (SSSR count). The van der Waals surface area contributed by atoms with Crippen LogP contribution in [-0.4, -0.2) is 22.9 Å². The molecule has 1 aliphatic rings. The molecule has 0 amide bonds. The van der Waals surface area contributed by atoms with Gasteiger partial charge in [0.2, 0.25) is 0 Å². The van der Waals surface area contributed by atoms with E-state index in [1.54, 1.807) is 0 Å². The fraction of sp³-hybridized carbons (Fsp3) is 0.438. The largest absolute Gasteiger partial charge is 0.512 e. The third-order valence-corrected chi connectivity index (χ3v) is 4.71. The number of benzene rings is 1. The molecule has 0 N–H and O–H groups in total. The lowest BCUT2D eigenvalue weighted by molar-refractivity contribution is 0.00578. The van der Waals surface area contributed by atoms with Gasteiger partial charge in [0.05, 0.1) is 22.8 Å². The molecule has 1 aromatic carbocycles. The van der Waals surface area contributed by atoms with Crippen LogP contribution in [0.5, 0.6) is 0 Å². The Bertz CT molecular complexity index is 739. The lowest BCUT2D eigenvalue weighted by Gasteiger charge is -2.32. The summed E-state index contributed by atoms with van der Waals surface area (Å²) >= 11 is 0. The SMILES string of the molecule is Cn1c(B2OC(C)(C)C(C)(C)O2)cc2ccc(C#N)cc21. The van der Waals surface area contributed by atoms with Crippen LogP contribution in [0.4, 0.5) is 0 Å². The first-order chi connectivity index (χ1) is 9.75. The third kappa shape index (κ3) is 2.07. The Kier molecular flexibility index (Phi) is 2.95. The summed E-state index contributed by atoms with van der Waals surface area (Å²) in [5.74, 6) is 0. The molecule has 1 fully saturated rings. The Morgan fingerprint density at radius 2 is 1.71 bits per heavy atom. The highest BCUT2D eigenvalue weighted by Gasteiger charge is 2.52. The maximum Gasteiger partial charge on any atom is 0.512 e. The number of nitriles is 1. The Morgan fingerprint density at radius 3 is 2.29 bits per heavy atom. The molecule has 1 aliphatic heterocycles. The molecular weight excluding hydrogens is 263 g/mol. The molecule has 4 nitrogen and oxygen atoms in total. The van der Waals surface area contributed by atoms with Crippen molar-refractivity contribution in [2.24, 2.45) is 7.05 Å². The van der Waals surface area contributed by atoms with Crippen molar-refractivity contribution in [3.8, 4) is 6.07 Å². The van der Waals surface area contributed by atoms with Gasteiger partial charge in [-0.2, -0.15) is 5.26 Å². The van der Waals surface area contributed by atoms with E-state index >= 15 is 0 Å². The van der Waals surface area contributed by atoms with Crippen LogP contribution in [0.1, 0.15) is 33.3 Å². The van der Waals surface area contributed by atoms with Gasteiger partial charge in [-0.25, -0.2) is 0 Å². The second-order valence-electron chi connectivity index (χ2n) is 6.60. The normalized spacial score (nSPS) is 19.9. The van der Waals surface area contributed by atoms with Crippen molar-refractivity contribution in [3.63, 3.8) is 0 Å². The van der Waals surface area contributed by atoms with Gasteiger partial charge in [-0.05, 0) is 51.3 Å². The Labute approximate surface area is 125 Å². The summed E-state index contributed by atoms with van der Waals surface area (Å²) in [5, 5.41) is 10.1. The molecule has 0 unspecified atom stereocenters. The summed E-state index contributed by atoms with van der Waals surface area (Å²) in [5.41, 5.74) is 1.93. The number of aromatic nitrogens is 1.